The zero-order valence-corrected chi connectivity index (χ0v) is 14.9. The van der Waals surface area contributed by atoms with E-state index in [0.29, 0.717) is 5.56 Å². The van der Waals surface area contributed by atoms with Gasteiger partial charge >= 0.3 is 5.97 Å². The number of amides is 1. The highest BCUT2D eigenvalue weighted by Gasteiger charge is 2.15. The molecule has 1 N–H and O–H groups in total. The molecule has 1 heterocycles. The first-order chi connectivity index (χ1) is 13.0. The number of methoxy groups -OCH3 is 1. The molecule has 0 spiro atoms. The summed E-state index contributed by atoms with van der Waals surface area (Å²) in [5, 5.41) is 4.92. The summed E-state index contributed by atoms with van der Waals surface area (Å²) in [5.74, 6) is -1.21. The van der Waals surface area contributed by atoms with Crippen LogP contribution in [0.1, 0.15) is 21.6 Å². The maximum absolute atomic E-state index is 12.9. The Kier molecular flexibility index (Phi) is 5.30. The van der Waals surface area contributed by atoms with E-state index in [1.807, 2.05) is 35.8 Å². The summed E-state index contributed by atoms with van der Waals surface area (Å²) in [4.78, 5) is 23.8. The molecular weight excluding hydrogens is 349 g/mol. The van der Waals surface area contributed by atoms with Gasteiger partial charge in [-0.25, -0.2) is 9.82 Å². The minimum atomic E-state index is -0.442. The van der Waals surface area contributed by atoms with Gasteiger partial charge in [-0.2, -0.15) is 5.10 Å². The highest BCUT2D eigenvalue weighted by molar-refractivity contribution is 6.02. The molecule has 0 unspecified atom stereocenters. The van der Waals surface area contributed by atoms with E-state index in [0.717, 1.165) is 22.2 Å². The van der Waals surface area contributed by atoms with E-state index in [4.69, 9.17) is 4.74 Å². The minimum Gasteiger partial charge on any atom is -0.468 e. The summed E-state index contributed by atoms with van der Waals surface area (Å²) in [5.41, 5.74) is 5.21. The van der Waals surface area contributed by atoms with E-state index in [2.05, 4.69) is 10.5 Å². The van der Waals surface area contributed by atoms with E-state index in [9.17, 15) is 14.0 Å². The van der Waals surface area contributed by atoms with Crippen LogP contribution in [0, 0.1) is 12.7 Å². The smallest absolute Gasteiger partial charge is 0.325 e. The van der Waals surface area contributed by atoms with Crippen molar-refractivity contribution in [2.45, 2.75) is 13.5 Å². The standard InChI is InChI=1S/C20H18FN3O3/c1-13-17(11-22-23-20(26)14-7-9-15(21)10-8-14)16-5-3-4-6-18(16)24(13)12-19(25)27-2/h3-11H,12H2,1-2H3,(H,23,26)/b22-11-. The molecule has 1 amide bonds. The van der Waals surface area contributed by atoms with Crippen molar-refractivity contribution in [3.63, 3.8) is 0 Å². The van der Waals surface area contributed by atoms with Crippen molar-refractivity contribution in [3.05, 3.63) is 71.2 Å². The van der Waals surface area contributed by atoms with Crippen molar-refractivity contribution >= 4 is 29.0 Å². The molecule has 0 fully saturated rings. The first-order valence-electron chi connectivity index (χ1n) is 8.25. The van der Waals surface area contributed by atoms with Crippen LogP contribution < -0.4 is 5.43 Å². The summed E-state index contributed by atoms with van der Waals surface area (Å²) in [6, 6.07) is 12.8. The number of hydrogen-bond donors (Lipinski definition) is 1. The fourth-order valence-corrected chi connectivity index (χ4v) is 2.84. The molecule has 0 aliphatic heterocycles. The number of carbonyl (C=O) groups excluding carboxylic acids is 2. The molecule has 0 saturated heterocycles. The Morgan fingerprint density at radius 1 is 1.19 bits per heavy atom. The molecular formula is C20H18FN3O3. The van der Waals surface area contributed by atoms with E-state index < -0.39 is 11.7 Å². The molecule has 0 aliphatic rings. The van der Waals surface area contributed by atoms with Crippen LogP contribution >= 0.6 is 0 Å². The Labute approximate surface area is 155 Å². The second kappa shape index (κ2) is 7.82. The van der Waals surface area contributed by atoms with Gasteiger partial charge in [0.1, 0.15) is 12.4 Å². The summed E-state index contributed by atoms with van der Waals surface area (Å²) < 4.78 is 19.5. The number of esters is 1. The first kappa shape index (κ1) is 18.3. The van der Waals surface area contributed by atoms with E-state index in [1.54, 1.807) is 0 Å². The second-order valence-electron chi connectivity index (χ2n) is 5.88. The van der Waals surface area contributed by atoms with Crippen LogP contribution in [0.15, 0.2) is 53.6 Å². The number of benzene rings is 2. The predicted molar refractivity (Wildman–Crippen MR) is 100 cm³/mol. The lowest BCUT2D eigenvalue weighted by molar-refractivity contribution is -0.141. The quantitative estimate of drug-likeness (QED) is 0.428. The van der Waals surface area contributed by atoms with Crippen LogP contribution in [0.3, 0.4) is 0 Å². The molecule has 0 bridgehead atoms. The van der Waals surface area contributed by atoms with E-state index in [1.165, 1.54) is 37.6 Å². The summed E-state index contributed by atoms with van der Waals surface area (Å²) in [6.07, 6.45) is 1.53. The maximum Gasteiger partial charge on any atom is 0.325 e. The number of rotatable bonds is 5. The number of nitrogens with zero attached hydrogens (tertiary/aromatic N) is 2. The first-order valence-corrected chi connectivity index (χ1v) is 8.25. The van der Waals surface area contributed by atoms with Gasteiger partial charge in [0.15, 0.2) is 0 Å². The van der Waals surface area contributed by atoms with Gasteiger partial charge in [-0.15, -0.1) is 0 Å². The van der Waals surface area contributed by atoms with Crippen LogP contribution in [-0.2, 0) is 16.1 Å². The Bertz CT molecular complexity index is 1020. The molecule has 1 aromatic heterocycles. The molecule has 0 saturated carbocycles. The molecule has 2 aromatic carbocycles. The van der Waals surface area contributed by atoms with E-state index >= 15 is 0 Å². The van der Waals surface area contributed by atoms with Gasteiger partial charge in [0.05, 0.1) is 13.3 Å². The fourth-order valence-electron chi connectivity index (χ4n) is 2.84. The zero-order valence-electron chi connectivity index (χ0n) is 14.9. The van der Waals surface area contributed by atoms with Gasteiger partial charge in [-0.1, -0.05) is 18.2 Å². The fraction of sp³-hybridized carbons (Fsp3) is 0.150. The molecule has 7 heteroatoms. The SMILES string of the molecule is COC(=O)Cn1c(C)c(/C=N\NC(=O)c2ccc(F)cc2)c2ccccc21. The number of hydrazone groups is 1. The lowest BCUT2D eigenvalue weighted by Crippen LogP contribution is -2.17. The van der Waals surface area contributed by atoms with Gasteiger partial charge in [0.25, 0.3) is 5.91 Å². The third-order valence-electron chi connectivity index (χ3n) is 4.26. The Morgan fingerprint density at radius 2 is 1.89 bits per heavy atom. The predicted octanol–water partition coefficient (Wildman–Crippen LogP) is 3.03. The Morgan fingerprint density at radius 3 is 2.59 bits per heavy atom. The number of hydrogen-bond acceptors (Lipinski definition) is 4. The molecule has 0 atom stereocenters. The number of aromatic nitrogens is 1. The van der Waals surface area contributed by atoms with Gasteiger partial charge in [-0.05, 0) is 37.3 Å². The average molecular weight is 367 g/mol. The van der Waals surface area contributed by atoms with Crippen LogP contribution in [0.4, 0.5) is 4.39 Å². The number of halogens is 1. The number of nitrogens with one attached hydrogen (secondary N) is 1. The topological polar surface area (TPSA) is 72.7 Å². The normalized spacial score (nSPS) is 11.1. The molecule has 138 valence electrons. The Hall–Kier alpha value is -3.48. The van der Waals surface area contributed by atoms with Crippen molar-refractivity contribution in [1.82, 2.24) is 9.99 Å². The van der Waals surface area contributed by atoms with Crippen LogP contribution in [0.2, 0.25) is 0 Å². The number of carbonyl (C=O) groups is 2. The highest BCUT2D eigenvalue weighted by atomic mass is 19.1. The van der Waals surface area contributed by atoms with Gasteiger partial charge in [0.2, 0.25) is 0 Å². The van der Waals surface area contributed by atoms with Crippen molar-refractivity contribution in [1.29, 1.82) is 0 Å². The number of para-hydroxylation sites is 1. The zero-order chi connectivity index (χ0) is 19.4. The van der Waals surface area contributed by atoms with Gasteiger partial charge in [-0.3, -0.25) is 9.59 Å². The van der Waals surface area contributed by atoms with Crippen LogP contribution in [-0.4, -0.2) is 29.8 Å². The molecule has 0 aliphatic carbocycles. The van der Waals surface area contributed by atoms with Crippen LogP contribution in [0.25, 0.3) is 10.9 Å². The largest absolute Gasteiger partial charge is 0.468 e. The highest BCUT2D eigenvalue weighted by Crippen LogP contribution is 2.24. The van der Waals surface area contributed by atoms with E-state index in [-0.39, 0.29) is 12.5 Å². The molecule has 3 rings (SSSR count). The van der Waals surface area contributed by atoms with Gasteiger partial charge in [0, 0.05) is 27.7 Å². The lowest BCUT2D eigenvalue weighted by atomic mass is 10.1. The maximum atomic E-state index is 12.9. The summed E-state index contributed by atoms with van der Waals surface area (Å²) in [6.45, 7) is 1.95. The van der Waals surface area contributed by atoms with Crippen molar-refractivity contribution < 1.29 is 18.7 Å². The summed E-state index contributed by atoms with van der Waals surface area (Å²) >= 11 is 0. The minimum absolute atomic E-state index is 0.0820. The van der Waals surface area contributed by atoms with Crippen LogP contribution in [0.5, 0.6) is 0 Å². The molecule has 27 heavy (non-hydrogen) atoms. The number of fused-ring (bicyclic) bond motifs is 1. The number of ether oxygens (including phenoxy) is 1. The second-order valence-corrected chi connectivity index (χ2v) is 5.88. The van der Waals surface area contributed by atoms with Gasteiger partial charge < -0.3 is 9.30 Å². The Balaban J connectivity index is 1.87. The third kappa shape index (κ3) is 3.87. The van der Waals surface area contributed by atoms with Crippen molar-refractivity contribution in [2.24, 2.45) is 5.10 Å². The van der Waals surface area contributed by atoms with Crippen molar-refractivity contribution in [2.75, 3.05) is 7.11 Å². The molecule has 6 nitrogen and oxygen atoms in total. The average Bonchev–Trinajstić information content (AvgIpc) is 2.94. The summed E-state index contributed by atoms with van der Waals surface area (Å²) in [7, 11) is 1.34. The monoisotopic (exact) mass is 367 g/mol. The lowest BCUT2D eigenvalue weighted by Gasteiger charge is -2.06. The third-order valence-corrected chi connectivity index (χ3v) is 4.26. The van der Waals surface area contributed by atoms with Crippen molar-refractivity contribution in [3.8, 4) is 0 Å². The molecule has 3 aromatic rings. The molecule has 0 radical (unpaired) electrons.